The predicted molar refractivity (Wildman–Crippen MR) is 133 cm³/mol. The molecule has 4 rings (SSSR count). The molecule has 232 valence electrons. The Bertz CT molecular complexity index is 1560. The van der Waals surface area contributed by atoms with E-state index in [1.54, 1.807) is 0 Å². The van der Waals surface area contributed by atoms with Gasteiger partial charge in [0.25, 0.3) is 15.6 Å². The molecule has 2 aliphatic rings. The number of halogens is 7. The Labute approximate surface area is 235 Å². The molecule has 2 N–H and O–H groups in total. The number of aryl methyl sites for hydroxylation is 1. The topological polar surface area (TPSA) is 129 Å². The molecule has 0 bridgehead atoms. The van der Waals surface area contributed by atoms with E-state index in [-0.39, 0.29) is 30.2 Å². The van der Waals surface area contributed by atoms with E-state index in [0.717, 1.165) is 24.3 Å². The van der Waals surface area contributed by atoms with Crippen LogP contribution in [0.25, 0.3) is 0 Å². The lowest BCUT2D eigenvalue weighted by Gasteiger charge is -2.39. The van der Waals surface area contributed by atoms with Gasteiger partial charge in [-0.2, -0.15) is 26.3 Å². The second-order valence-corrected chi connectivity index (χ2v) is 14.3. The molecule has 2 unspecified atom stereocenters. The Balaban J connectivity index is 1.76. The van der Waals surface area contributed by atoms with Gasteiger partial charge in [0, 0.05) is 24.3 Å². The lowest BCUT2D eigenvalue weighted by atomic mass is 9.87. The first-order chi connectivity index (χ1) is 19.2. The molecule has 2 heterocycles. The lowest BCUT2D eigenvalue weighted by Crippen LogP contribution is -2.54. The van der Waals surface area contributed by atoms with Crippen LogP contribution in [0.3, 0.4) is 0 Å². The van der Waals surface area contributed by atoms with Gasteiger partial charge in [-0.05, 0) is 48.7 Å². The number of sulfonamides is 1. The zero-order chi connectivity index (χ0) is 31.5. The van der Waals surface area contributed by atoms with Crippen molar-refractivity contribution < 1.29 is 62.6 Å². The van der Waals surface area contributed by atoms with Crippen LogP contribution < -0.4 is 4.31 Å². The molecule has 0 radical (unpaired) electrons. The largest absolute Gasteiger partial charge is 0.430 e. The number of anilines is 1. The maximum absolute atomic E-state index is 13.7. The summed E-state index contributed by atoms with van der Waals surface area (Å²) >= 11 is 0. The fourth-order valence-electron chi connectivity index (χ4n) is 5.32. The van der Waals surface area contributed by atoms with Gasteiger partial charge in [0.1, 0.15) is 11.6 Å². The zero-order valence-corrected chi connectivity index (χ0v) is 23.0. The Morgan fingerprint density at radius 2 is 1.55 bits per heavy atom. The lowest BCUT2D eigenvalue weighted by molar-refractivity contribution is -0.376. The number of nitrogens with zero attached hydrogens (tertiary/aromatic N) is 1. The average Bonchev–Trinajstić information content (AvgIpc) is 3.12. The van der Waals surface area contributed by atoms with Gasteiger partial charge < -0.3 is 10.2 Å². The monoisotopic (exact) mass is 647 g/mol. The number of benzene rings is 2. The van der Waals surface area contributed by atoms with Crippen LogP contribution in [-0.4, -0.2) is 68.8 Å². The van der Waals surface area contributed by atoms with Crippen LogP contribution in [0, 0.1) is 11.7 Å². The van der Waals surface area contributed by atoms with E-state index in [1.807, 2.05) is 0 Å². The smallest absolute Gasteiger partial charge is 0.392 e. The van der Waals surface area contributed by atoms with Gasteiger partial charge in [-0.3, -0.25) is 9.10 Å². The number of hydrogen-bond acceptors (Lipinski definition) is 7. The third-order valence-corrected chi connectivity index (χ3v) is 11.1. The van der Waals surface area contributed by atoms with Crippen molar-refractivity contribution in [3.05, 3.63) is 59.4 Å². The van der Waals surface area contributed by atoms with Gasteiger partial charge in [-0.15, -0.1) is 0 Å². The van der Waals surface area contributed by atoms with E-state index < -0.39 is 102 Å². The normalized spacial score (nSPS) is 23.1. The van der Waals surface area contributed by atoms with Gasteiger partial charge in [0.2, 0.25) is 0 Å². The number of rotatable bonds is 7. The fraction of sp³-hybridized carbons (Fsp3) is 0.480. The van der Waals surface area contributed by atoms with Gasteiger partial charge >= 0.3 is 12.4 Å². The van der Waals surface area contributed by atoms with E-state index in [9.17, 15) is 62.6 Å². The number of fused-ring (bicyclic) bond motifs is 1. The van der Waals surface area contributed by atoms with Crippen LogP contribution in [0.15, 0.2) is 47.4 Å². The molecular weight excluding hydrogens is 623 g/mol. The van der Waals surface area contributed by atoms with Gasteiger partial charge in [0.05, 0.1) is 34.2 Å². The highest BCUT2D eigenvalue weighted by Gasteiger charge is 2.71. The average molecular weight is 648 g/mol. The van der Waals surface area contributed by atoms with Crippen molar-refractivity contribution in [2.45, 2.75) is 60.7 Å². The maximum Gasteiger partial charge on any atom is 0.430 e. The molecule has 17 heteroatoms. The Morgan fingerprint density at radius 3 is 2.07 bits per heavy atom. The van der Waals surface area contributed by atoms with Crippen molar-refractivity contribution in [3.8, 4) is 0 Å². The Morgan fingerprint density at radius 1 is 0.952 bits per heavy atom. The molecule has 3 atom stereocenters. The third kappa shape index (κ3) is 5.88. The summed E-state index contributed by atoms with van der Waals surface area (Å²) < 4.78 is 146. The summed E-state index contributed by atoms with van der Waals surface area (Å²) in [4.78, 5) is 12.4. The van der Waals surface area contributed by atoms with Crippen molar-refractivity contribution >= 4 is 31.3 Å². The molecule has 0 amide bonds. The number of aliphatic hydroxyl groups excluding tert-OH is 1. The number of sulfone groups is 1. The summed E-state index contributed by atoms with van der Waals surface area (Å²) in [7, 11) is -8.28. The van der Waals surface area contributed by atoms with Crippen molar-refractivity contribution in [3.63, 3.8) is 0 Å². The minimum Gasteiger partial charge on any atom is -0.392 e. The number of ketones is 1. The second-order valence-electron chi connectivity index (χ2n) is 10.3. The van der Waals surface area contributed by atoms with E-state index >= 15 is 0 Å². The van der Waals surface area contributed by atoms with Crippen molar-refractivity contribution in [2.75, 3.05) is 15.8 Å². The molecule has 2 aromatic rings. The molecular formula is C25H24F7NO7S2. The van der Waals surface area contributed by atoms with Crippen LogP contribution >= 0.6 is 0 Å². The van der Waals surface area contributed by atoms with Gasteiger partial charge in [-0.25, -0.2) is 21.2 Å². The fourth-order valence-corrected chi connectivity index (χ4v) is 8.95. The van der Waals surface area contributed by atoms with Crippen molar-refractivity contribution in [1.82, 2.24) is 0 Å². The summed E-state index contributed by atoms with van der Waals surface area (Å²) in [6.45, 7) is 0. The Hall–Kier alpha value is -2.76. The highest BCUT2D eigenvalue weighted by atomic mass is 32.2. The molecule has 1 saturated heterocycles. The van der Waals surface area contributed by atoms with Crippen LogP contribution in [0.5, 0.6) is 0 Å². The second kappa shape index (κ2) is 10.7. The first-order valence-corrected chi connectivity index (χ1v) is 15.6. The minimum absolute atomic E-state index is 0.259. The predicted octanol–water partition coefficient (Wildman–Crippen LogP) is 3.40. The summed E-state index contributed by atoms with van der Waals surface area (Å²) in [5.41, 5.74) is -7.51. The number of carbonyl (C=O) groups excluding carboxylic acids is 1. The summed E-state index contributed by atoms with van der Waals surface area (Å²) in [5.74, 6) is -3.38. The number of alkyl halides is 6. The van der Waals surface area contributed by atoms with E-state index in [4.69, 9.17) is 0 Å². The minimum atomic E-state index is -6.18. The molecule has 0 spiro atoms. The molecule has 42 heavy (non-hydrogen) atoms. The Kier molecular flexibility index (Phi) is 8.23. The number of aliphatic hydroxyl groups is 2. The zero-order valence-electron chi connectivity index (χ0n) is 21.4. The van der Waals surface area contributed by atoms with E-state index in [0.29, 0.717) is 16.4 Å². The van der Waals surface area contributed by atoms with Crippen molar-refractivity contribution in [2.24, 2.45) is 5.92 Å². The molecule has 0 aromatic heterocycles. The van der Waals surface area contributed by atoms with E-state index in [1.165, 1.54) is 0 Å². The molecule has 1 fully saturated rings. The van der Waals surface area contributed by atoms with Crippen molar-refractivity contribution in [1.29, 1.82) is 0 Å². The van der Waals surface area contributed by atoms with Crippen LogP contribution in [0.1, 0.15) is 30.4 Å². The van der Waals surface area contributed by atoms with Gasteiger partial charge in [-0.1, -0.05) is 12.1 Å². The number of Topliss-reactive ketones (excluding diaryl/α,β-unsaturated/α-hetero) is 1. The number of hydrogen-bond donors (Lipinski definition) is 2. The first kappa shape index (κ1) is 32.2. The molecule has 2 aromatic carbocycles. The molecule has 8 nitrogen and oxygen atoms in total. The number of carbonyl (C=O) groups is 1. The highest BCUT2D eigenvalue weighted by Crippen LogP contribution is 2.51. The summed E-state index contributed by atoms with van der Waals surface area (Å²) in [5, 5.41) is 19.8. The standard InChI is InChI=1S/C25H24F7NO7S2/c26-17-3-6-20(7-4-17)42(39,40)33-18(11-19(34)10-15-12-41(37,38)13-22(15)35)5-1-14-9-16(2-8-21(14)33)23(36,24(27,28)29)25(30,31)32/h2-4,6-9,15,18,22,35-36H,1,5,10-13H2/t15?,18-,22?/m0/s1. The molecule has 0 saturated carbocycles. The third-order valence-electron chi connectivity index (χ3n) is 7.39. The SMILES string of the molecule is O=C(CC1CS(=O)(=O)CC1O)C[C@@H]1CCc2cc(C(O)(C(F)(F)F)C(F)(F)F)ccc2N1S(=O)(=O)c1ccc(F)cc1. The van der Waals surface area contributed by atoms with Gasteiger partial charge in [0.15, 0.2) is 9.84 Å². The van der Waals surface area contributed by atoms with E-state index in [2.05, 4.69) is 0 Å². The quantitative estimate of drug-likeness (QED) is 0.441. The van der Waals surface area contributed by atoms with Crippen LogP contribution in [-0.2, 0) is 36.7 Å². The molecule has 0 aliphatic carbocycles. The first-order valence-electron chi connectivity index (χ1n) is 12.4. The molecule has 2 aliphatic heterocycles. The van der Waals surface area contributed by atoms with Crippen LogP contribution in [0.2, 0.25) is 0 Å². The maximum atomic E-state index is 13.7. The summed E-state index contributed by atoms with van der Waals surface area (Å²) in [6, 6.07) is 3.54. The summed E-state index contributed by atoms with van der Waals surface area (Å²) in [6.07, 6.45) is -15.2. The van der Waals surface area contributed by atoms with Crippen LogP contribution in [0.4, 0.5) is 36.4 Å². The highest BCUT2D eigenvalue weighted by molar-refractivity contribution is 7.93.